The summed E-state index contributed by atoms with van der Waals surface area (Å²) in [4.78, 5) is 12.1. The number of halogens is 2. The van der Waals surface area contributed by atoms with Crippen LogP contribution in [0.5, 0.6) is 0 Å². The maximum atomic E-state index is 13.9. The van der Waals surface area contributed by atoms with Crippen molar-refractivity contribution in [1.82, 2.24) is 0 Å². The zero-order valence-corrected chi connectivity index (χ0v) is 12.6. The highest BCUT2D eigenvalue weighted by Crippen LogP contribution is 2.25. The predicted octanol–water partition coefficient (Wildman–Crippen LogP) is 5.06. The lowest BCUT2D eigenvalue weighted by Gasteiger charge is -2.07. The van der Waals surface area contributed by atoms with Crippen LogP contribution in [0.2, 0.25) is 0 Å². The summed E-state index contributed by atoms with van der Waals surface area (Å²) in [5.41, 5.74) is 0.671. The summed E-state index contributed by atoms with van der Waals surface area (Å²) in [6.45, 7) is 0. The second-order valence-electron chi connectivity index (χ2n) is 4.23. The molecule has 0 bridgehead atoms. The molecule has 0 radical (unpaired) electrons. The van der Waals surface area contributed by atoms with Crippen molar-refractivity contribution in [1.29, 1.82) is 0 Å². The van der Waals surface area contributed by atoms with Crippen LogP contribution in [0, 0.1) is 5.82 Å². The first-order chi connectivity index (χ1) is 9.65. The Morgan fingerprint density at radius 2 is 2.05 bits per heavy atom. The average molecular weight is 350 g/mol. The van der Waals surface area contributed by atoms with Crippen molar-refractivity contribution in [2.45, 2.75) is 0 Å². The lowest BCUT2D eigenvalue weighted by Crippen LogP contribution is -2.13. The molecule has 1 aromatic heterocycles. The first-order valence-corrected chi connectivity index (χ1v) is 7.55. The third-order valence-corrected chi connectivity index (χ3v) is 4.42. The predicted molar refractivity (Wildman–Crippen MR) is 83.9 cm³/mol. The minimum absolute atomic E-state index is 0.0183. The number of thiophene rings is 1. The highest BCUT2D eigenvalue weighted by atomic mass is 79.9. The topological polar surface area (TPSA) is 29.1 Å². The quantitative estimate of drug-likeness (QED) is 0.688. The van der Waals surface area contributed by atoms with Crippen molar-refractivity contribution in [3.8, 4) is 0 Å². The summed E-state index contributed by atoms with van der Waals surface area (Å²) in [6, 6.07) is 12.3. The minimum atomic E-state index is -0.554. The van der Waals surface area contributed by atoms with E-state index in [-0.39, 0.29) is 10.0 Å². The largest absolute Gasteiger partial charge is 0.322 e. The van der Waals surface area contributed by atoms with Crippen LogP contribution in [0.15, 0.2) is 52.3 Å². The van der Waals surface area contributed by atoms with Gasteiger partial charge in [0.15, 0.2) is 0 Å². The van der Waals surface area contributed by atoms with Crippen LogP contribution in [-0.2, 0) is 0 Å². The molecule has 0 aliphatic carbocycles. The molecule has 1 amide bonds. The monoisotopic (exact) mass is 349 g/mol. The van der Waals surface area contributed by atoms with Gasteiger partial charge < -0.3 is 5.32 Å². The van der Waals surface area contributed by atoms with Gasteiger partial charge in [0.25, 0.3) is 5.91 Å². The Hall–Kier alpha value is -1.72. The lowest BCUT2D eigenvalue weighted by molar-refractivity contribution is 0.102. The lowest BCUT2D eigenvalue weighted by atomic mass is 10.2. The summed E-state index contributed by atoms with van der Waals surface area (Å²) < 4.78 is 15.3. The van der Waals surface area contributed by atoms with Crippen molar-refractivity contribution in [2.24, 2.45) is 0 Å². The molecule has 0 aliphatic heterocycles. The molecule has 1 N–H and O–H groups in total. The van der Waals surface area contributed by atoms with E-state index in [0.29, 0.717) is 5.69 Å². The van der Waals surface area contributed by atoms with E-state index in [1.807, 2.05) is 29.6 Å². The number of rotatable bonds is 2. The second kappa shape index (κ2) is 5.34. The van der Waals surface area contributed by atoms with Crippen LogP contribution in [-0.4, -0.2) is 5.91 Å². The fourth-order valence-electron chi connectivity index (χ4n) is 1.92. The maximum absolute atomic E-state index is 13.9. The number of carbonyl (C=O) groups is 1. The molecule has 3 aromatic rings. The van der Waals surface area contributed by atoms with Crippen molar-refractivity contribution < 1.29 is 9.18 Å². The Kier molecular flexibility index (Phi) is 3.54. The van der Waals surface area contributed by atoms with E-state index < -0.39 is 11.7 Å². The standard InChI is InChI=1S/C15H9BrFNOS/c16-12-3-1-2-11(14(12)17)15(19)18-10-4-5-13-9(8-10)6-7-20-13/h1-8H,(H,18,19). The molecule has 0 unspecified atom stereocenters. The minimum Gasteiger partial charge on any atom is -0.322 e. The summed E-state index contributed by atoms with van der Waals surface area (Å²) in [6.07, 6.45) is 0. The molecule has 0 atom stereocenters. The van der Waals surface area contributed by atoms with E-state index in [9.17, 15) is 9.18 Å². The van der Waals surface area contributed by atoms with Gasteiger partial charge in [0.1, 0.15) is 5.82 Å². The van der Waals surface area contributed by atoms with E-state index in [0.717, 1.165) is 10.1 Å². The molecular formula is C15H9BrFNOS. The van der Waals surface area contributed by atoms with Crippen LogP contribution in [0.25, 0.3) is 10.1 Å². The van der Waals surface area contributed by atoms with Gasteiger partial charge in [0.05, 0.1) is 10.0 Å². The Morgan fingerprint density at radius 1 is 1.20 bits per heavy atom. The highest BCUT2D eigenvalue weighted by molar-refractivity contribution is 9.10. The molecule has 2 aromatic carbocycles. The molecule has 100 valence electrons. The number of hydrogen-bond acceptors (Lipinski definition) is 2. The summed E-state index contributed by atoms with van der Waals surface area (Å²) in [7, 11) is 0. The average Bonchev–Trinajstić information content (AvgIpc) is 2.89. The SMILES string of the molecule is O=C(Nc1ccc2sccc2c1)c1cccc(Br)c1F. The Morgan fingerprint density at radius 3 is 2.90 bits per heavy atom. The van der Waals surface area contributed by atoms with Gasteiger partial charge in [-0.05, 0) is 63.1 Å². The number of nitrogens with one attached hydrogen (secondary N) is 1. The molecular weight excluding hydrogens is 341 g/mol. The van der Waals surface area contributed by atoms with E-state index in [2.05, 4.69) is 21.2 Å². The first kappa shape index (κ1) is 13.3. The molecule has 20 heavy (non-hydrogen) atoms. The van der Waals surface area contributed by atoms with Gasteiger partial charge in [-0.25, -0.2) is 4.39 Å². The molecule has 0 fully saturated rings. The summed E-state index contributed by atoms with van der Waals surface area (Å²) >= 11 is 4.71. The Labute approximate surface area is 127 Å². The second-order valence-corrected chi connectivity index (χ2v) is 6.03. The zero-order chi connectivity index (χ0) is 14.1. The van der Waals surface area contributed by atoms with Crippen LogP contribution in [0.4, 0.5) is 10.1 Å². The Bertz CT molecular complexity index is 799. The van der Waals surface area contributed by atoms with Gasteiger partial charge in [0, 0.05) is 10.4 Å². The Balaban J connectivity index is 1.90. The van der Waals surface area contributed by atoms with Crippen LogP contribution >= 0.6 is 27.3 Å². The van der Waals surface area contributed by atoms with Gasteiger partial charge in [0.2, 0.25) is 0 Å². The molecule has 3 rings (SSSR count). The van der Waals surface area contributed by atoms with Crippen molar-refractivity contribution in [2.75, 3.05) is 5.32 Å². The van der Waals surface area contributed by atoms with Gasteiger partial charge in [-0.15, -0.1) is 11.3 Å². The molecule has 0 saturated carbocycles. The van der Waals surface area contributed by atoms with E-state index >= 15 is 0 Å². The number of anilines is 1. The van der Waals surface area contributed by atoms with E-state index in [4.69, 9.17) is 0 Å². The highest BCUT2D eigenvalue weighted by Gasteiger charge is 2.14. The van der Waals surface area contributed by atoms with Crippen LogP contribution in [0.3, 0.4) is 0 Å². The summed E-state index contributed by atoms with van der Waals surface area (Å²) in [5, 5.41) is 5.76. The molecule has 0 spiro atoms. The third kappa shape index (κ3) is 2.46. The van der Waals surface area contributed by atoms with Gasteiger partial charge in [-0.2, -0.15) is 0 Å². The van der Waals surface area contributed by atoms with Crippen LogP contribution in [0.1, 0.15) is 10.4 Å². The normalized spacial score (nSPS) is 10.7. The van der Waals surface area contributed by atoms with Crippen molar-refractivity contribution in [3.05, 3.63) is 63.7 Å². The molecule has 5 heteroatoms. The summed E-state index contributed by atoms with van der Waals surface area (Å²) in [5.74, 6) is -1.01. The number of amides is 1. The fourth-order valence-corrected chi connectivity index (χ4v) is 3.06. The smallest absolute Gasteiger partial charge is 0.258 e. The number of carbonyl (C=O) groups excluding carboxylic acids is 1. The van der Waals surface area contributed by atoms with E-state index in [1.54, 1.807) is 23.5 Å². The van der Waals surface area contributed by atoms with Gasteiger partial charge >= 0.3 is 0 Å². The number of benzene rings is 2. The fraction of sp³-hybridized carbons (Fsp3) is 0. The molecule has 0 aliphatic rings. The van der Waals surface area contributed by atoms with Crippen molar-refractivity contribution >= 4 is 48.9 Å². The van der Waals surface area contributed by atoms with Crippen LogP contribution < -0.4 is 5.32 Å². The maximum Gasteiger partial charge on any atom is 0.258 e. The molecule has 1 heterocycles. The number of fused-ring (bicyclic) bond motifs is 1. The van der Waals surface area contributed by atoms with Crippen molar-refractivity contribution in [3.63, 3.8) is 0 Å². The molecule has 2 nitrogen and oxygen atoms in total. The zero-order valence-electron chi connectivity index (χ0n) is 10.2. The van der Waals surface area contributed by atoms with Gasteiger partial charge in [-0.3, -0.25) is 4.79 Å². The van der Waals surface area contributed by atoms with E-state index in [1.165, 1.54) is 6.07 Å². The number of hydrogen-bond donors (Lipinski definition) is 1. The first-order valence-electron chi connectivity index (χ1n) is 5.88. The molecule has 0 saturated heterocycles. The van der Waals surface area contributed by atoms with Gasteiger partial charge in [-0.1, -0.05) is 6.07 Å². The third-order valence-electron chi connectivity index (χ3n) is 2.91.